The largest absolute Gasteiger partial charge is 0.497 e. The second-order valence-corrected chi connectivity index (χ2v) is 8.42. The predicted octanol–water partition coefficient (Wildman–Crippen LogP) is 4.51. The molecular formula is C25H30N4O2S. The van der Waals surface area contributed by atoms with E-state index in [1.54, 1.807) is 14.2 Å². The Hall–Kier alpha value is -2.90. The second-order valence-electron chi connectivity index (χ2n) is 8.03. The summed E-state index contributed by atoms with van der Waals surface area (Å²) in [5.41, 5.74) is 5.66. The summed E-state index contributed by atoms with van der Waals surface area (Å²) in [6.45, 7) is 5.83. The number of thiocarbonyl (C=S) groups is 1. The van der Waals surface area contributed by atoms with Crippen molar-refractivity contribution >= 4 is 17.3 Å². The molecule has 1 aliphatic heterocycles. The number of aromatic nitrogens is 2. The Labute approximate surface area is 195 Å². The van der Waals surface area contributed by atoms with E-state index in [1.807, 2.05) is 30.5 Å². The zero-order chi connectivity index (χ0) is 22.7. The standard InChI is InChI=1S/C25H30N4O2S/c1-17-15-21(18(2)29(17)19-9-7-10-20(16-19)31-4)24-23(22-11-5-6-12-26-22)27-25(32)28(24)13-8-14-30-3/h5-7,9-12,15-16,23-24H,8,13-14H2,1-4H3,(H,27,32)/t23-,24-/m1/s1. The molecule has 168 valence electrons. The Morgan fingerprint density at radius 3 is 2.66 bits per heavy atom. The highest BCUT2D eigenvalue weighted by Crippen LogP contribution is 2.41. The third kappa shape index (κ3) is 4.23. The number of nitrogens with one attached hydrogen (secondary N) is 1. The Bertz CT molecular complexity index is 1080. The summed E-state index contributed by atoms with van der Waals surface area (Å²) in [6.07, 6.45) is 2.74. The molecule has 6 nitrogen and oxygen atoms in total. The van der Waals surface area contributed by atoms with Gasteiger partial charge in [0, 0.05) is 49.6 Å². The first-order valence-corrected chi connectivity index (χ1v) is 11.3. The summed E-state index contributed by atoms with van der Waals surface area (Å²) >= 11 is 5.78. The number of nitrogens with zero attached hydrogens (tertiary/aromatic N) is 3. The van der Waals surface area contributed by atoms with Gasteiger partial charge in [0.1, 0.15) is 5.75 Å². The molecule has 1 fully saturated rings. The van der Waals surface area contributed by atoms with Gasteiger partial charge in [-0.25, -0.2) is 0 Å². The summed E-state index contributed by atoms with van der Waals surface area (Å²) in [5.74, 6) is 0.841. The highest BCUT2D eigenvalue weighted by Gasteiger charge is 2.41. The minimum Gasteiger partial charge on any atom is -0.497 e. The van der Waals surface area contributed by atoms with Crippen LogP contribution in [0, 0.1) is 13.8 Å². The van der Waals surface area contributed by atoms with Gasteiger partial charge >= 0.3 is 0 Å². The van der Waals surface area contributed by atoms with Gasteiger partial charge in [0.15, 0.2) is 5.11 Å². The fourth-order valence-corrected chi connectivity index (χ4v) is 4.93. The van der Waals surface area contributed by atoms with Gasteiger partial charge in [0.25, 0.3) is 0 Å². The third-order valence-corrected chi connectivity index (χ3v) is 6.40. The topological polar surface area (TPSA) is 51.5 Å². The zero-order valence-corrected chi connectivity index (χ0v) is 19.9. The van der Waals surface area contributed by atoms with Gasteiger partial charge in [-0.15, -0.1) is 0 Å². The molecule has 3 heterocycles. The average molecular weight is 451 g/mol. The molecule has 1 saturated heterocycles. The SMILES string of the molecule is COCCCN1C(=S)N[C@H](c2ccccn2)[C@H]1c1cc(C)n(-c2cccc(OC)c2)c1C. The normalized spacial score (nSPS) is 18.1. The van der Waals surface area contributed by atoms with Crippen LogP contribution in [0.2, 0.25) is 0 Å². The smallest absolute Gasteiger partial charge is 0.170 e. The van der Waals surface area contributed by atoms with Crippen LogP contribution >= 0.6 is 12.2 Å². The zero-order valence-electron chi connectivity index (χ0n) is 19.0. The van der Waals surface area contributed by atoms with Crippen molar-refractivity contribution in [3.05, 3.63) is 77.4 Å². The van der Waals surface area contributed by atoms with Gasteiger partial charge in [-0.2, -0.15) is 0 Å². The van der Waals surface area contributed by atoms with E-state index in [2.05, 4.69) is 57.9 Å². The molecule has 0 aliphatic carbocycles. The van der Waals surface area contributed by atoms with Gasteiger partial charge in [0.2, 0.25) is 0 Å². The molecule has 3 aromatic rings. The van der Waals surface area contributed by atoms with E-state index < -0.39 is 0 Å². The Balaban J connectivity index is 1.78. The van der Waals surface area contributed by atoms with Crippen molar-refractivity contribution in [2.45, 2.75) is 32.4 Å². The van der Waals surface area contributed by atoms with E-state index in [9.17, 15) is 0 Å². The molecule has 1 N–H and O–H groups in total. The number of ether oxygens (including phenoxy) is 2. The Morgan fingerprint density at radius 1 is 1.09 bits per heavy atom. The van der Waals surface area contributed by atoms with Gasteiger partial charge in [-0.05, 0) is 68.4 Å². The van der Waals surface area contributed by atoms with Crippen molar-refractivity contribution in [1.29, 1.82) is 0 Å². The summed E-state index contributed by atoms with van der Waals surface area (Å²) in [5, 5.41) is 4.29. The second kappa shape index (κ2) is 9.71. The van der Waals surface area contributed by atoms with Crippen LogP contribution in [0.25, 0.3) is 5.69 Å². The van der Waals surface area contributed by atoms with E-state index in [0.29, 0.717) is 6.61 Å². The van der Waals surface area contributed by atoms with Gasteiger partial charge in [-0.1, -0.05) is 12.1 Å². The summed E-state index contributed by atoms with van der Waals surface area (Å²) in [7, 11) is 3.43. The van der Waals surface area contributed by atoms with Crippen molar-refractivity contribution in [2.75, 3.05) is 27.4 Å². The molecule has 0 bridgehead atoms. The number of pyridine rings is 1. The van der Waals surface area contributed by atoms with Crippen LogP contribution in [0.1, 0.15) is 41.1 Å². The van der Waals surface area contributed by atoms with E-state index in [1.165, 1.54) is 17.0 Å². The molecule has 0 amide bonds. The van der Waals surface area contributed by atoms with Crippen LogP contribution in [-0.4, -0.2) is 46.9 Å². The van der Waals surface area contributed by atoms with Gasteiger partial charge < -0.3 is 24.3 Å². The maximum Gasteiger partial charge on any atom is 0.170 e. The molecular weight excluding hydrogens is 420 g/mol. The highest BCUT2D eigenvalue weighted by molar-refractivity contribution is 7.80. The first-order chi connectivity index (χ1) is 15.5. The number of rotatable bonds is 8. The summed E-state index contributed by atoms with van der Waals surface area (Å²) in [4.78, 5) is 6.93. The summed E-state index contributed by atoms with van der Waals surface area (Å²) < 4.78 is 13.0. The molecule has 1 aromatic carbocycles. The lowest BCUT2D eigenvalue weighted by Gasteiger charge is -2.28. The molecule has 0 radical (unpaired) electrons. The van der Waals surface area contributed by atoms with E-state index in [0.717, 1.165) is 35.2 Å². The summed E-state index contributed by atoms with van der Waals surface area (Å²) in [6, 6.07) is 16.5. The fraction of sp³-hybridized carbons (Fsp3) is 0.360. The number of hydrogen-bond acceptors (Lipinski definition) is 4. The van der Waals surface area contributed by atoms with Gasteiger partial charge in [0.05, 0.1) is 24.9 Å². The maximum absolute atomic E-state index is 5.78. The predicted molar refractivity (Wildman–Crippen MR) is 130 cm³/mol. The maximum atomic E-state index is 5.78. The molecule has 2 aromatic heterocycles. The number of benzene rings is 1. The number of aryl methyl sites for hydroxylation is 1. The van der Waals surface area contributed by atoms with Crippen LogP contribution in [0.5, 0.6) is 5.75 Å². The van der Waals surface area contributed by atoms with Crippen molar-refractivity contribution in [1.82, 2.24) is 19.8 Å². The molecule has 7 heteroatoms. The number of methoxy groups -OCH3 is 2. The lowest BCUT2D eigenvalue weighted by atomic mass is 9.96. The van der Waals surface area contributed by atoms with Crippen LogP contribution < -0.4 is 10.1 Å². The molecule has 2 atom stereocenters. The molecule has 0 spiro atoms. The van der Waals surface area contributed by atoms with Crippen LogP contribution in [0.3, 0.4) is 0 Å². The van der Waals surface area contributed by atoms with Crippen molar-refractivity contribution in [3.8, 4) is 11.4 Å². The molecule has 1 aliphatic rings. The van der Waals surface area contributed by atoms with Crippen LogP contribution in [0.15, 0.2) is 54.7 Å². The Morgan fingerprint density at radius 2 is 1.94 bits per heavy atom. The molecule has 32 heavy (non-hydrogen) atoms. The lowest BCUT2D eigenvalue weighted by molar-refractivity contribution is 0.180. The van der Waals surface area contributed by atoms with E-state index in [-0.39, 0.29) is 12.1 Å². The highest BCUT2D eigenvalue weighted by atomic mass is 32.1. The fourth-order valence-electron chi connectivity index (χ4n) is 4.60. The monoisotopic (exact) mass is 450 g/mol. The van der Waals surface area contributed by atoms with Crippen LogP contribution in [-0.2, 0) is 4.74 Å². The van der Waals surface area contributed by atoms with E-state index in [4.69, 9.17) is 21.7 Å². The van der Waals surface area contributed by atoms with Crippen molar-refractivity contribution in [3.63, 3.8) is 0 Å². The average Bonchev–Trinajstić information content (AvgIpc) is 3.29. The van der Waals surface area contributed by atoms with Gasteiger partial charge in [-0.3, -0.25) is 4.98 Å². The van der Waals surface area contributed by atoms with E-state index >= 15 is 0 Å². The molecule has 0 unspecified atom stereocenters. The van der Waals surface area contributed by atoms with Crippen molar-refractivity contribution < 1.29 is 9.47 Å². The Kier molecular flexibility index (Phi) is 6.77. The first kappa shape index (κ1) is 22.3. The van der Waals surface area contributed by atoms with Crippen LogP contribution in [0.4, 0.5) is 0 Å². The molecule has 0 saturated carbocycles. The third-order valence-electron chi connectivity index (χ3n) is 6.05. The number of hydrogen-bond donors (Lipinski definition) is 1. The molecule has 4 rings (SSSR count). The lowest BCUT2D eigenvalue weighted by Crippen LogP contribution is -2.31. The van der Waals surface area contributed by atoms with Crippen molar-refractivity contribution in [2.24, 2.45) is 0 Å². The minimum absolute atomic E-state index is 0.0227. The first-order valence-electron chi connectivity index (χ1n) is 10.9. The minimum atomic E-state index is -0.0227. The quantitative estimate of drug-likeness (QED) is 0.403.